The van der Waals surface area contributed by atoms with Crippen molar-refractivity contribution < 1.29 is 22.9 Å². The van der Waals surface area contributed by atoms with Gasteiger partial charge in [-0.25, -0.2) is 0 Å². The van der Waals surface area contributed by atoms with Gasteiger partial charge in [-0.1, -0.05) is 24.3 Å². The first-order chi connectivity index (χ1) is 13.5. The lowest BCUT2D eigenvalue weighted by Gasteiger charge is -2.31. The number of rotatable bonds is 12. The minimum absolute atomic E-state index is 0.0118. The number of thioether (sulfide) groups is 1. The summed E-state index contributed by atoms with van der Waals surface area (Å²) in [5.41, 5.74) is 1.75. The van der Waals surface area contributed by atoms with Crippen molar-refractivity contribution in [2.45, 2.75) is 51.8 Å². The molecular formula is C21H32O5SSi. The number of benzene rings is 1. The quantitative estimate of drug-likeness (QED) is 0.285. The maximum Gasteiger partial charge on any atom is 0.500 e. The van der Waals surface area contributed by atoms with Crippen LogP contribution in [0.1, 0.15) is 50.0 Å². The van der Waals surface area contributed by atoms with E-state index in [4.69, 9.17) is 13.3 Å². The molecule has 0 saturated heterocycles. The number of hydrogen-bond donors (Lipinski definition) is 0. The second-order valence-electron chi connectivity index (χ2n) is 6.81. The molecule has 0 saturated carbocycles. The zero-order valence-corrected chi connectivity index (χ0v) is 19.2. The van der Waals surface area contributed by atoms with Crippen LogP contribution in [-0.4, -0.2) is 51.2 Å². The Kier molecular flexibility index (Phi) is 9.36. The Morgan fingerprint density at radius 1 is 1.11 bits per heavy atom. The van der Waals surface area contributed by atoms with Crippen molar-refractivity contribution in [2.24, 2.45) is 5.92 Å². The van der Waals surface area contributed by atoms with E-state index >= 15 is 0 Å². The fourth-order valence-corrected chi connectivity index (χ4v) is 8.02. The van der Waals surface area contributed by atoms with Gasteiger partial charge in [0.1, 0.15) is 5.78 Å². The van der Waals surface area contributed by atoms with Gasteiger partial charge in [0.15, 0.2) is 5.78 Å². The number of fused-ring (bicyclic) bond motifs is 1. The van der Waals surface area contributed by atoms with Crippen LogP contribution in [0.3, 0.4) is 0 Å². The van der Waals surface area contributed by atoms with E-state index in [1.807, 2.05) is 45.0 Å². The number of Topliss-reactive ketones (excluding diaryl/α,β-unsaturated/α-hetero) is 2. The van der Waals surface area contributed by atoms with Crippen LogP contribution in [0, 0.1) is 5.92 Å². The molecule has 1 aromatic carbocycles. The van der Waals surface area contributed by atoms with Crippen LogP contribution in [0.4, 0.5) is 0 Å². The second-order valence-corrected chi connectivity index (χ2v) is 10.9. The van der Waals surface area contributed by atoms with Gasteiger partial charge in [-0.15, -0.1) is 0 Å². The van der Waals surface area contributed by atoms with Gasteiger partial charge in [0.2, 0.25) is 0 Å². The summed E-state index contributed by atoms with van der Waals surface area (Å²) in [6.45, 7) is 9.10. The number of carbonyl (C=O) groups excluding carboxylic acids is 2. The number of carbonyl (C=O) groups is 2. The van der Waals surface area contributed by atoms with Crippen LogP contribution < -0.4 is 0 Å². The van der Waals surface area contributed by atoms with Gasteiger partial charge < -0.3 is 13.3 Å². The molecule has 2 unspecified atom stereocenters. The monoisotopic (exact) mass is 424 g/mol. The van der Waals surface area contributed by atoms with Crippen LogP contribution in [0.25, 0.3) is 0 Å². The molecular weight excluding hydrogens is 392 g/mol. The molecule has 0 heterocycles. The van der Waals surface area contributed by atoms with Crippen molar-refractivity contribution in [2.75, 3.05) is 25.6 Å². The Morgan fingerprint density at radius 3 is 2.29 bits per heavy atom. The van der Waals surface area contributed by atoms with Gasteiger partial charge in [0.05, 0.1) is 5.92 Å². The third-order valence-corrected chi connectivity index (χ3v) is 9.39. The molecule has 0 N–H and O–H groups in total. The highest BCUT2D eigenvalue weighted by Crippen LogP contribution is 2.34. The fraction of sp³-hybridized carbons (Fsp3) is 0.619. The van der Waals surface area contributed by atoms with Gasteiger partial charge >= 0.3 is 8.80 Å². The van der Waals surface area contributed by atoms with Crippen LogP contribution in [-0.2, 0) is 24.5 Å². The maximum atomic E-state index is 12.8. The first-order valence-electron chi connectivity index (χ1n) is 10.1. The van der Waals surface area contributed by atoms with E-state index in [1.165, 1.54) is 6.92 Å². The SMILES string of the molecule is CCO[Si](CCCSC1Cc2ccccc2C(=O)C1C(C)=O)(OCC)OCC. The van der Waals surface area contributed by atoms with Crippen LogP contribution in [0.15, 0.2) is 24.3 Å². The molecule has 0 aromatic heterocycles. The van der Waals surface area contributed by atoms with Crippen LogP contribution in [0.5, 0.6) is 0 Å². The molecule has 1 aromatic rings. The molecule has 1 aliphatic carbocycles. The predicted octanol–water partition coefficient (Wildman–Crippen LogP) is 4.17. The molecule has 0 amide bonds. The lowest BCUT2D eigenvalue weighted by molar-refractivity contribution is -0.119. The van der Waals surface area contributed by atoms with E-state index in [2.05, 4.69) is 0 Å². The Balaban J connectivity index is 2.00. The van der Waals surface area contributed by atoms with Crippen molar-refractivity contribution in [1.82, 2.24) is 0 Å². The van der Waals surface area contributed by atoms with E-state index in [9.17, 15) is 9.59 Å². The van der Waals surface area contributed by atoms with Crippen LogP contribution in [0.2, 0.25) is 6.04 Å². The summed E-state index contributed by atoms with van der Waals surface area (Å²) in [6.07, 6.45) is 1.62. The molecule has 2 atom stereocenters. The van der Waals surface area contributed by atoms with Gasteiger partial charge in [-0.3, -0.25) is 9.59 Å². The van der Waals surface area contributed by atoms with E-state index in [1.54, 1.807) is 11.8 Å². The maximum absolute atomic E-state index is 12.8. The summed E-state index contributed by atoms with van der Waals surface area (Å²) in [4.78, 5) is 25.0. The topological polar surface area (TPSA) is 61.8 Å². The zero-order valence-electron chi connectivity index (χ0n) is 17.4. The molecule has 7 heteroatoms. The first-order valence-corrected chi connectivity index (χ1v) is 13.1. The summed E-state index contributed by atoms with van der Waals surface area (Å²) >= 11 is 1.71. The Labute approximate surface area is 173 Å². The highest BCUT2D eigenvalue weighted by molar-refractivity contribution is 8.00. The Bertz CT molecular complexity index is 649. The average molecular weight is 425 g/mol. The van der Waals surface area contributed by atoms with Crippen molar-refractivity contribution in [3.8, 4) is 0 Å². The van der Waals surface area contributed by atoms with E-state index in [0.29, 0.717) is 25.4 Å². The Morgan fingerprint density at radius 2 is 1.71 bits per heavy atom. The first kappa shape index (κ1) is 23.3. The Hall–Kier alpha value is -0.993. The van der Waals surface area contributed by atoms with Gasteiger partial charge in [-0.2, -0.15) is 11.8 Å². The molecule has 1 aliphatic rings. The second kappa shape index (κ2) is 11.3. The molecule has 28 heavy (non-hydrogen) atoms. The normalized spacial score (nSPS) is 19.5. The highest BCUT2D eigenvalue weighted by atomic mass is 32.2. The third kappa shape index (κ3) is 5.76. The molecule has 5 nitrogen and oxygen atoms in total. The van der Waals surface area contributed by atoms with Crippen molar-refractivity contribution in [1.29, 1.82) is 0 Å². The smallest absolute Gasteiger partial charge is 0.374 e. The molecule has 0 aliphatic heterocycles. The highest BCUT2D eigenvalue weighted by Gasteiger charge is 2.41. The van der Waals surface area contributed by atoms with E-state index in [0.717, 1.165) is 30.2 Å². The summed E-state index contributed by atoms with van der Waals surface area (Å²) in [5, 5.41) is -0.0118. The number of hydrogen-bond acceptors (Lipinski definition) is 6. The summed E-state index contributed by atoms with van der Waals surface area (Å²) in [7, 11) is -2.64. The van der Waals surface area contributed by atoms with E-state index in [-0.39, 0.29) is 16.8 Å². The molecule has 0 spiro atoms. The van der Waals surface area contributed by atoms with E-state index < -0.39 is 14.7 Å². The summed E-state index contributed by atoms with van der Waals surface area (Å²) < 4.78 is 17.7. The molecule has 0 fully saturated rings. The van der Waals surface area contributed by atoms with Gasteiger partial charge in [0.25, 0.3) is 0 Å². The van der Waals surface area contributed by atoms with Gasteiger partial charge in [0, 0.05) is 36.7 Å². The molecule has 0 bridgehead atoms. The standard InChI is InChI=1S/C21H32O5SSi/c1-5-24-28(25-6-2,26-7-3)14-10-13-27-19-15-17-11-8-9-12-18(17)21(23)20(19)16(4)22/h8-9,11-12,19-20H,5-7,10,13-15H2,1-4H3. The summed E-state index contributed by atoms with van der Waals surface area (Å²) in [5.74, 6) is 0.214. The minimum atomic E-state index is -2.64. The predicted molar refractivity (Wildman–Crippen MR) is 115 cm³/mol. The van der Waals surface area contributed by atoms with Gasteiger partial charge in [-0.05, 0) is 51.9 Å². The minimum Gasteiger partial charge on any atom is -0.374 e. The van der Waals surface area contributed by atoms with Crippen molar-refractivity contribution >= 4 is 32.1 Å². The lowest BCUT2D eigenvalue weighted by Crippen LogP contribution is -2.46. The average Bonchev–Trinajstić information content (AvgIpc) is 2.66. The summed E-state index contributed by atoms with van der Waals surface area (Å²) in [6, 6.07) is 8.39. The molecule has 156 valence electrons. The fourth-order valence-electron chi connectivity index (χ4n) is 3.74. The zero-order chi connectivity index (χ0) is 20.6. The largest absolute Gasteiger partial charge is 0.500 e. The van der Waals surface area contributed by atoms with Crippen molar-refractivity contribution in [3.63, 3.8) is 0 Å². The third-order valence-electron chi connectivity index (χ3n) is 4.85. The van der Waals surface area contributed by atoms with Crippen LogP contribution >= 0.6 is 11.8 Å². The molecule has 2 rings (SSSR count). The number of ketones is 2. The van der Waals surface area contributed by atoms with Crippen molar-refractivity contribution in [3.05, 3.63) is 35.4 Å². The lowest BCUT2D eigenvalue weighted by atomic mass is 9.80. The molecule has 0 radical (unpaired) electrons.